The van der Waals surface area contributed by atoms with Gasteiger partial charge >= 0.3 is 0 Å². The van der Waals surface area contributed by atoms with Crippen LogP contribution in [0.3, 0.4) is 0 Å². The van der Waals surface area contributed by atoms with E-state index in [0.29, 0.717) is 48.9 Å². The van der Waals surface area contributed by atoms with Crippen molar-refractivity contribution < 1.29 is 17.9 Å². The zero-order valence-corrected chi connectivity index (χ0v) is 14.2. The van der Waals surface area contributed by atoms with E-state index in [0.717, 1.165) is 0 Å². The molecule has 1 aliphatic rings. The minimum atomic E-state index is -3.23. The normalized spacial score (nSPS) is 17.1. The van der Waals surface area contributed by atoms with Gasteiger partial charge in [0.05, 0.1) is 24.0 Å². The van der Waals surface area contributed by atoms with Crippen LogP contribution in [-0.2, 0) is 10.0 Å². The van der Waals surface area contributed by atoms with Gasteiger partial charge in [0.15, 0.2) is 0 Å². The number of methoxy groups -OCH3 is 1. The van der Waals surface area contributed by atoms with Crippen molar-refractivity contribution in [2.45, 2.75) is 6.42 Å². The van der Waals surface area contributed by atoms with Gasteiger partial charge in [-0.25, -0.2) is 12.7 Å². The first-order chi connectivity index (χ1) is 10.3. The van der Waals surface area contributed by atoms with Gasteiger partial charge in [-0.15, -0.1) is 0 Å². The Morgan fingerprint density at radius 3 is 2.55 bits per heavy atom. The zero-order chi connectivity index (χ0) is 16.3. The van der Waals surface area contributed by atoms with Crippen LogP contribution in [0.4, 0.5) is 0 Å². The summed E-state index contributed by atoms with van der Waals surface area (Å²) in [6, 6.07) is 4.90. The van der Waals surface area contributed by atoms with Crippen LogP contribution in [-0.4, -0.2) is 63.1 Å². The molecule has 0 N–H and O–H groups in total. The molecule has 1 aromatic rings. The molecule has 1 aliphatic heterocycles. The molecule has 1 heterocycles. The predicted molar refractivity (Wildman–Crippen MR) is 84.9 cm³/mol. The number of sulfonamides is 1. The molecule has 6 nitrogen and oxygen atoms in total. The number of amides is 1. The van der Waals surface area contributed by atoms with Crippen LogP contribution < -0.4 is 4.74 Å². The molecule has 0 aliphatic carbocycles. The third-order valence-corrected chi connectivity index (χ3v) is 5.23. The van der Waals surface area contributed by atoms with Gasteiger partial charge in [-0.1, -0.05) is 11.6 Å². The molecule has 122 valence electrons. The first-order valence-corrected chi connectivity index (χ1v) is 9.13. The second kappa shape index (κ2) is 6.85. The Labute approximate surface area is 135 Å². The number of rotatable bonds is 3. The number of hydrogen-bond donors (Lipinski definition) is 0. The number of hydrogen-bond acceptors (Lipinski definition) is 4. The lowest BCUT2D eigenvalue weighted by Gasteiger charge is -2.21. The first-order valence-electron chi connectivity index (χ1n) is 6.91. The van der Waals surface area contributed by atoms with E-state index in [1.165, 1.54) is 17.7 Å². The average molecular weight is 347 g/mol. The molecule has 2 rings (SSSR count). The van der Waals surface area contributed by atoms with Crippen LogP contribution in [0.15, 0.2) is 18.2 Å². The monoisotopic (exact) mass is 346 g/mol. The minimum absolute atomic E-state index is 0.192. The van der Waals surface area contributed by atoms with Crippen LogP contribution in [0.2, 0.25) is 5.02 Å². The lowest BCUT2D eigenvalue weighted by atomic mass is 10.2. The molecule has 1 aromatic carbocycles. The number of carbonyl (C=O) groups is 1. The summed E-state index contributed by atoms with van der Waals surface area (Å²) in [4.78, 5) is 14.2. The van der Waals surface area contributed by atoms with Crippen LogP contribution >= 0.6 is 11.6 Å². The fourth-order valence-corrected chi connectivity index (χ4v) is 3.52. The summed E-state index contributed by atoms with van der Waals surface area (Å²) in [5.74, 6) is 0.392. The SMILES string of the molecule is COc1ccc(C(=O)N2CCCN(S(C)(=O)=O)CC2)c(Cl)c1. The molecule has 0 aromatic heterocycles. The quantitative estimate of drug-likeness (QED) is 0.831. The van der Waals surface area contributed by atoms with Crippen LogP contribution in [0.1, 0.15) is 16.8 Å². The molecule has 0 saturated carbocycles. The molecule has 0 atom stereocenters. The highest BCUT2D eigenvalue weighted by Crippen LogP contribution is 2.24. The number of benzene rings is 1. The fourth-order valence-electron chi connectivity index (χ4n) is 2.40. The molecular formula is C14H19ClN2O4S. The summed E-state index contributed by atoms with van der Waals surface area (Å²) in [5, 5.41) is 0.327. The van der Waals surface area contributed by atoms with E-state index in [-0.39, 0.29) is 5.91 Å². The number of carbonyl (C=O) groups excluding carboxylic acids is 1. The second-order valence-corrected chi connectivity index (χ2v) is 7.54. The van der Waals surface area contributed by atoms with Gasteiger partial charge in [-0.3, -0.25) is 4.79 Å². The Bertz CT molecular complexity index is 663. The summed E-state index contributed by atoms with van der Waals surface area (Å²) >= 11 is 6.13. The van der Waals surface area contributed by atoms with Gasteiger partial charge in [0.25, 0.3) is 5.91 Å². The molecule has 22 heavy (non-hydrogen) atoms. The fraction of sp³-hybridized carbons (Fsp3) is 0.500. The Kier molecular flexibility index (Phi) is 5.31. The van der Waals surface area contributed by atoms with E-state index < -0.39 is 10.0 Å². The maximum Gasteiger partial charge on any atom is 0.255 e. The third kappa shape index (κ3) is 3.91. The van der Waals surface area contributed by atoms with Crippen LogP contribution in [0, 0.1) is 0 Å². The van der Waals surface area contributed by atoms with Crippen molar-refractivity contribution in [3.63, 3.8) is 0 Å². The molecule has 0 spiro atoms. The summed E-state index contributed by atoms with van der Waals surface area (Å²) in [5.41, 5.74) is 0.398. The van der Waals surface area contributed by atoms with Gasteiger partial charge in [-0.05, 0) is 24.6 Å². The third-order valence-electron chi connectivity index (χ3n) is 3.62. The molecule has 0 radical (unpaired) electrons. The lowest BCUT2D eigenvalue weighted by molar-refractivity contribution is 0.0764. The molecule has 1 saturated heterocycles. The molecule has 0 bridgehead atoms. The van der Waals surface area contributed by atoms with Gasteiger partial charge in [0.1, 0.15) is 5.75 Å². The van der Waals surface area contributed by atoms with E-state index in [1.807, 2.05) is 0 Å². The Morgan fingerprint density at radius 2 is 1.95 bits per heavy atom. The Balaban J connectivity index is 2.13. The number of nitrogens with zero attached hydrogens (tertiary/aromatic N) is 2. The van der Waals surface area contributed by atoms with Crippen molar-refractivity contribution in [1.82, 2.24) is 9.21 Å². The molecule has 8 heteroatoms. The van der Waals surface area contributed by atoms with E-state index in [2.05, 4.69) is 0 Å². The van der Waals surface area contributed by atoms with Crippen molar-refractivity contribution in [2.24, 2.45) is 0 Å². The average Bonchev–Trinajstić information content (AvgIpc) is 2.72. The molecule has 1 amide bonds. The Morgan fingerprint density at radius 1 is 1.23 bits per heavy atom. The largest absolute Gasteiger partial charge is 0.497 e. The van der Waals surface area contributed by atoms with Crippen LogP contribution in [0.5, 0.6) is 5.75 Å². The van der Waals surface area contributed by atoms with Gasteiger partial charge < -0.3 is 9.64 Å². The topological polar surface area (TPSA) is 66.9 Å². The summed E-state index contributed by atoms with van der Waals surface area (Å²) in [6.07, 6.45) is 1.79. The summed E-state index contributed by atoms with van der Waals surface area (Å²) in [7, 11) is -1.70. The summed E-state index contributed by atoms with van der Waals surface area (Å²) in [6.45, 7) is 1.60. The van der Waals surface area contributed by atoms with E-state index >= 15 is 0 Å². The predicted octanol–water partition coefficient (Wildman–Crippen LogP) is 1.46. The van der Waals surface area contributed by atoms with Gasteiger partial charge in [-0.2, -0.15) is 0 Å². The summed E-state index contributed by atoms with van der Waals surface area (Å²) < 4.78 is 29.7. The number of ether oxygens (including phenoxy) is 1. The van der Waals surface area contributed by atoms with Crippen LogP contribution in [0.25, 0.3) is 0 Å². The number of halogens is 1. The van der Waals surface area contributed by atoms with E-state index in [4.69, 9.17) is 16.3 Å². The van der Waals surface area contributed by atoms with Crippen molar-refractivity contribution >= 4 is 27.5 Å². The molecule has 0 unspecified atom stereocenters. The highest BCUT2D eigenvalue weighted by molar-refractivity contribution is 7.88. The van der Waals surface area contributed by atoms with Crippen molar-refractivity contribution in [2.75, 3.05) is 39.5 Å². The minimum Gasteiger partial charge on any atom is -0.497 e. The highest BCUT2D eigenvalue weighted by atomic mass is 35.5. The smallest absolute Gasteiger partial charge is 0.255 e. The first kappa shape index (κ1) is 17.1. The van der Waals surface area contributed by atoms with Crippen molar-refractivity contribution in [3.8, 4) is 5.75 Å². The maximum absolute atomic E-state index is 12.6. The van der Waals surface area contributed by atoms with Crippen molar-refractivity contribution in [3.05, 3.63) is 28.8 Å². The zero-order valence-electron chi connectivity index (χ0n) is 12.6. The standard InChI is InChI=1S/C14H19ClN2O4S/c1-21-11-4-5-12(13(15)10-11)14(18)16-6-3-7-17(9-8-16)22(2,19)20/h4-5,10H,3,6-9H2,1-2H3. The lowest BCUT2D eigenvalue weighted by Crippen LogP contribution is -2.37. The Hall–Kier alpha value is -1.31. The van der Waals surface area contributed by atoms with Crippen molar-refractivity contribution in [1.29, 1.82) is 0 Å². The maximum atomic E-state index is 12.6. The van der Waals surface area contributed by atoms with Gasteiger partial charge in [0.2, 0.25) is 10.0 Å². The second-order valence-electron chi connectivity index (χ2n) is 5.15. The molecular weight excluding hydrogens is 328 g/mol. The van der Waals surface area contributed by atoms with E-state index in [9.17, 15) is 13.2 Å². The molecule has 1 fully saturated rings. The van der Waals surface area contributed by atoms with Gasteiger partial charge in [0, 0.05) is 26.2 Å². The highest BCUT2D eigenvalue weighted by Gasteiger charge is 2.25. The van der Waals surface area contributed by atoms with E-state index in [1.54, 1.807) is 23.1 Å².